The Hall–Kier alpha value is -3.33. The van der Waals surface area contributed by atoms with Gasteiger partial charge in [0, 0.05) is 11.3 Å². The van der Waals surface area contributed by atoms with Gasteiger partial charge in [0.25, 0.3) is 5.91 Å². The summed E-state index contributed by atoms with van der Waals surface area (Å²) in [6.07, 6.45) is 9.63. The van der Waals surface area contributed by atoms with E-state index in [4.69, 9.17) is 16.1 Å². The van der Waals surface area contributed by atoms with Crippen molar-refractivity contribution in [3.63, 3.8) is 0 Å². The van der Waals surface area contributed by atoms with Gasteiger partial charge in [-0.15, -0.1) is 6.42 Å². The van der Waals surface area contributed by atoms with Gasteiger partial charge in [-0.05, 0) is 51.8 Å². The molecule has 6 nitrogen and oxygen atoms in total. The Kier molecular flexibility index (Phi) is 4.31. The molecule has 142 valence electrons. The molecule has 4 rings (SSSR count). The zero-order valence-electron chi connectivity index (χ0n) is 16.2. The first-order chi connectivity index (χ1) is 13.4. The maximum Gasteiger partial charge on any atom is 0.274 e. The third kappa shape index (κ3) is 3.56. The number of rotatable bonds is 5. The van der Waals surface area contributed by atoms with Crippen LogP contribution in [0, 0.1) is 19.3 Å². The number of ether oxygens (including phenoxy) is 1. The molecule has 1 aromatic carbocycles. The average Bonchev–Trinajstić information content (AvgIpc) is 3.36. The number of carbonyl (C=O) groups excluding carboxylic acids is 1. The second-order valence-corrected chi connectivity index (χ2v) is 7.64. The summed E-state index contributed by atoms with van der Waals surface area (Å²) in [7, 11) is 0. The standard InChI is InChI=1S/C22H22N4O2/c1-5-22(3,4)25-21(27)19-20-24-18(11-14(2)26(20)13-23-19)15-7-6-8-17(12-15)28-16-9-10-16/h1,6-8,11-13,16H,9-10H2,2-4H3,(H,25,27). The molecule has 1 aliphatic rings. The van der Waals surface area contributed by atoms with Crippen molar-refractivity contribution >= 4 is 11.6 Å². The van der Waals surface area contributed by atoms with Gasteiger partial charge in [-0.2, -0.15) is 0 Å². The number of amides is 1. The molecule has 0 aliphatic heterocycles. The van der Waals surface area contributed by atoms with Crippen molar-refractivity contribution in [3.05, 3.63) is 48.0 Å². The lowest BCUT2D eigenvalue weighted by Gasteiger charge is -2.18. The van der Waals surface area contributed by atoms with Gasteiger partial charge < -0.3 is 10.1 Å². The second kappa shape index (κ2) is 6.68. The molecule has 1 aliphatic carbocycles. The van der Waals surface area contributed by atoms with E-state index in [2.05, 4.69) is 16.2 Å². The number of fused-ring (bicyclic) bond motifs is 1. The number of nitrogens with one attached hydrogen (secondary N) is 1. The maximum atomic E-state index is 12.7. The van der Waals surface area contributed by atoms with Crippen LogP contribution in [-0.2, 0) is 0 Å². The summed E-state index contributed by atoms with van der Waals surface area (Å²) in [4.78, 5) is 21.7. The summed E-state index contributed by atoms with van der Waals surface area (Å²) >= 11 is 0. The minimum absolute atomic E-state index is 0.249. The molecule has 2 aromatic heterocycles. The van der Waals surface area contributed by atoms with Crippen LogP contribution in [0.5, 0.6) is 5.75 Å². The fraction of sp³-hybridized carbons (Fsp3) is 0.318. The Labute approximate surface area is 164 Å². The molecule has 1 amide bonds. The molecule has 1 N–H and O–H groups in total. The van der Waals surface area contributed by atoms with Gasteiger partial charge >= 0.3 is 0 Å². The molecule has 28 heavy (non-hydrogen) atoms. The van der Waals surface area contributed by atoms with Crippen molar-refractivity contribution in [2.24, 2.45) is 0 Å². The van der Waals surface area contributed by atoms with E-state index < -0.39 is 5.54 Å². The summed E-state index contributed by atoms with van der Waals surface area (Å²) in [6.45, 7) is 5.48. The van der Waals surface area contributed by atoms with E-state index in [-0.39, 0.29) is 11.6 Å². The van der Waals surface area contributed by atoms with Crippen LogP contribution < -0.4 is 10.1 Å². The van der Waals surface area contributed by atoms with Gasteiger partial charge in [0.2, 0.25) is 0 Å². The summed E-state index contributed by atoms with van der Waals surface area (Å²) in [5, 5.41) is 2.81. The van der Waals surface area contributed by atoms with Gasteiger partial charge in [-0.1, -0.05) is 18.1 Å². The van der Waals surface area contributed by atoms with E-state index in [1.807, 2.05) is 37.3 Å². The fourth-order valence-corrected chi connectivity index (χ4v) is 2.91. The van der Waals surface area contributed by atoms with Crippen molar-refractivity contribution in [2.45, 2.75) is 45.3 Å². The number of hydrogen-bond donors (Lipinski definition) is 1. The number of hydrogen-bond acceptors (Lipinski definition) is 4. The Morgan fingerprint density at radius 1 is 1.36 bits per heavy atom. The van der Waals surface area contributed by atoms with Gasteiger partial charge in [0.1, 0.15) is 12.1 Å². The van der Waals surface area contributed by atoms with Crippen molar-refractivity contribution < 1.29 is 9.53 Å². The monoisotopic (exact) mass is 374 g/mol. The predicted molar refractivity (Wildman–Crippen MR) is 107 cm³/mol. The highest BCUT2D eigenvalue weighted by atomic mass is 16.5. The zero-order valence-corrected chi connectivity index (χ0v) is 16.2. The molecule has 2 heterocycles. The molecular formula is C22H22N4O2. The van der Waals surface area contributed by atoms with Crippen molar-refractivity contribution in [1.82, 2.24) is 19.7 Å². The van der Waals surface area contributed by atoms with Gasteiger partial charge in [-0.3, -0.25) is 9.20 Å². The van der Waals surface area contributed by atoms with Gasteiger partial charge in [0.05, 0.1) is 17.3 Å². The van der Waals surface area contributed by atoms with E-state index >= 15 is 0 Å². The maximum absolute atomic E-state index is 12.7. The van der Waals surface area contributed by atoms with E-state index in [0.29, 0.717) is 11.8 Å². The molecule has 0 atom stereocenters. The highest BCUT2D eigenvalue weighted by molar-refractivity contribution is 5.98. The van der Waals surface area contributed by atoms with Crippen LogP contribution in [0.4, 0.5) is 0 Å². The summed E-state index contributed by atoms with van der Waals surface area (Å²) in [6, 6.07) is 9.84. The number of benzene rings is 1. The molecule has 0 radical (unpaired) electrons. The topological polar surface area (TPSA) is 68.5 Å². The Morgan fingerprint density at radius 3 is 2.86 bits per heavy atom. The van der Waals surface area contributed by atoms with Gasteiger partial charge in [0.15, 0.2) is 11.3 Å². The van der Waals surface area contributed by atoms with Crippen LogP contribution in [0.2, 0.25) is 0 Å². The lowest BCUT2D eigenvalue weighted by Crippen LogP contribution is -2.42. The number of nitrogens with zero attached hydrogens (tertiary/aromatic N) is 3. The molecule has 1 saturated carbocycles. The lowest BCUT2D eigenvalue weighted by molar-refractivity contribution is 0.0927. The number of aryl methyl sites for hydroxylation is 1. The van der Waals surface area contributed by atoms with Gasteiger partial charge in [-0.25, -0.2) is 9.97 Å². The normalized spacial score (nSPS) is 13.9. The van der Waals surface area contributed by atoms with Crippen LogP contribution in [-0.4, -0.2) is 31.9 Å². The Balaban J connectivity index is 1.73. The first-order valence-electron chi connectivity index (χ1n) is 9.28. The summed E-state index contributed by atoms with van der Waals surface area (Å²) < 4.78 is 7.69. The third-order valence-corrected chi connectivity index (χ3v) is 4.65. The van der Waals surface area contributed by atoms with Crippen molar-refractivity contribution in [1.29, 1.82) is 0 Å². The number of carbonyl (C=O) groups is 1. The smallest absolute Gasteiger partial charge is 0.274 e. The second-order valence-electron chi connectivity index (χ2n) is 7.64. The van der Waals surface area contributed by atoms with Crippen LogP contribution >= 0.6 is 0 Å². The predicted octanol–water partition coefficient (Wildman–Crippen LogP) is 3.39. The SMILES string of the molecule is C#CC(C)(C)NC(=O)c1ncn2c(C)cc(-c3cccc(OC4CC4)c3)nc12. The minimum atomic E-state index is -0.770. The highest BCUT2D eigenvalue weighted by Gasteiger charge is 2.24. The van der Waals surface area contributed by atoms with Crippen LogP contribution in [0.25, 0.3) is 16.9 Å². The highest BCUT2D eigenvalue weighted by Crippen LogP contribution is 2.30. The minimum Gasteiger partial charge on any atom is -0.490 e. The van der Waals surface area contributed by atoms with E-state index in [0.717, 1.165) is 35.5 Å². The molecule has 1 fully saturated rings. The molecule has 0 bridgehead atoms. The molecule has 0 saturated heterocycles. The quantitative estimate of drug-likeness (QED) is 0.695. The number of terminal acetylenes is 1. The van der Waals surface area contributed by atoms with E-state index in [9.17, 15) is 4.79 Å². The summed E-state index contributed by atoms with van der Waals surface area (Å²) in [5.41, 5.74) is 2.59. The largest absolute Gasteiger partial charge is 0.490 e. The molecule has 0 unspecified atom stereocenters. The molecule has 3 aromatic rings. The number of imidazole rings is 1. The number of aromatic nitrogens is 3. The van der Waals surface area contributed by atoms with Crippen molar-refractivity contribution in [3.8, 4) is 29.4 Å². The molecule has 6 heteroatoms. The first kappa shape index (κ1) is 18.1. The third-order valence-electron chi connectivity index (χ3n) is 4.65. The van der Waals surface area contributed by atoms with E-state index in [1.165, 1.54) is 0 Å². The lowest BCUT2D eigenvalue weighted by atomic mass is 10.1. The molecular weight excluding hydrogens is 352 g/mol. The Bertz CT molecular complexity index is 1100. The van der Waals surface area contributed by atoms with Crippen molar-refractivity contribution in [2.75, 3.05) is 0 Å². The molecule has 0 spiro atoms. The van der Waals surface area contributed by atoms with Crippen LogP contribution in [0.15, 0.2) is 36.7 Å². The zero-order chi connectivity index (χ0) is 19.9. The average molecular weight is 374 g/mol. The first-order valence-corrected chi connectivity index (χ1v) is 9.28. The Morgan fingerprint density at radius 2 is 2.14 bits per heavy atom. The fourth-order valence-electron chi connectivity index (χ4n) is 2.91. The van der Waals surface area contributed by atoms with E-state index in [1.54, 1.807) is 24.6 Å². The van der Waals surface area contributed by atoms with Crippen LogP contribution in [0.1, 0.15) is 42.9 Å². The summed E-state index contributed by atoms with van der Waals surface area (Å²) in [5.74, 6) is 3.04. The van der Waals surface area contributed by atoms with Crippen LogP contribution in [0.3, 0.4) is 0 Å².